The number of hydrogen-bond donors (Lipinski definition) is 2. The maximum Gasteiger partial charge on any atom is 0.243 e. The summed E-state index contributed by atoms with van der Waals surface area (Å²) in [5.74, 6) is 0.209. The number of nitrogens with one attached hydrogen (secondary N) is 1. The van der Waals surface area contributed by atoms with Gasteiger partial charge in [-0.15, -0.1) is 0 Å². The number of sulfonamides is 1. The Morgan fingerprint density at radius 1 is 1.43 bits per heavy atom. The van der Waals surface area contributed by atoms with Gasteiger partial charge in [-0.25, -0.2) is 17.5 Å². The van der Waals surface area contributed by atoms with E-state index in [9.17, 15) is 12.8 Å². The number of benzene rings is 1. The third-order valence-corrected chi connectivity index (χ3v) is 6.40. The van der Waals surface area contributed by atoms with Crippen molar-refractivity contribution in [3.63, 3.8) is 0 Å². The molecule has 0 saturated carbocycles. The first-order valence-electron chi connectivity index (χ1n) is 6.73. The van der Waals surface area contributed by atoms with Gasteiger partial charge in [0.15, 0.2) is 0 Å². The van der Waals surface area contributed by atoms with Crippen LogP contribution >= 0.6 is 23.4 Å². The van der Waals surface area contributed by atoms with E-state index in [-0.39, 0.29) is 22.4 Å². The Morgan fingerprint density at radius 3 is 2.81 bits per heavy atom. The Bertz CT molecular complexity index is 604. The fourth-order valence-corrected chi connectivity index (χ4v) is 5.09. The predicted molar refractivity (Wildman–Crippen MR) is 84.6 cm³/mol. The van der Waals surface area contributed by atoms with Crippen LogP contribution in [0.1, 0.15) is 24.8 Å². The second-order valence-electron chi connectivity index (χ2n) is 4.92. The number of hydrogen-bond acceptors (Lipinski definition) is 4. The van der Waals surface area contributed by atoms with Gasteiger partial charge >= 0.3 is 0 Å². The highest BCUT2D eigenvalue weighted by molar-refractivity contribution is 8.00. The molecule has 0 aromatic heterocycles. The zero-order chi connectivity index (χ0) is 15.5. The minimum absolute atomic E-state index is 0.0925. The summed E-state index contributed by atoms with van der Waals surface area (Å²) >= 11 is 7.58. The molecule has 1 heterocycles. The van der Waals surface area contributed by atoms with E-state index in [4.69, 9.17) is 17.3 Å². The van der Waals surface area contributed by atoms with E-state index in [1.807, 2.05) is 0 Å². The number of nitrogens with two attached hydrogens (primary N) is 1. The molecular weight excluding hydrogens is 335 g/mol. The number of halogens is 2. The summed E-state index contributed by atoms with van der Waals surface area (Å²) in [7, 11) is -3.92. The molecule has 2 rings (SSSR count). The molecule has 1 fully saturated rings. The monoisotopic (exact) mass is 352 g/mol. The summed E-state index contributed by atoms with van der Waals surface area (Å²) < 4.78 is 41.1. The van der Waals surface area contributed by atoms with Crippen LogP contribution in [-0.4, -0.2) is 26.0 Å². The van der Waals surface area contributed by atoms with Crippen LogP contribution < -0.4 is 10.5 Å². The van der Waals surface area contributed by atoms with E-state index in [0.29, 0.717) is 6.54 Å². The molecule has 3 N–H and O–H groups in total. The van der Waals surface area contributed by atoms with Gasteiger partial charge < -0.3 is 5.73 Å². The Labute approximate surface area is 133 Å². The van der Waals surface area contributed by atoms with Gasteiger partial charge in [-0.05, 0) is 30.7 Å². The summed E-state index contributed by atoms with van der Waals surface area (Å²) in [4.78, 5) is -0.434. The molecule has 1 aromatic carbocycles. The molecule has 0 amide bonds. The second-order valence-corrected chi connectivity index (χ2v) is 8.50. The van der Waals surface area contributed by atoms with Crippen LogP contribution in [0.15, 0.2) is 17.0 Å². The lowest BCUT2D eigenvalue weighted by molar-refractivity contribution is 0.546. The maximum absolute atomic E-state index is 14.2. The van der Waals surface area contributed by atoms with Gasteiger partial charge in [0.1, 0.15) is 10.7 Å². The molecule has 1 aromatic rings. The average Bonchev–Trinajstić information content (AvgIpc) is 2.48. The highest BCUT2D eigenvalue weighted by Gasteiger charge is 2.24. The molecular formula is C13H18ClFN2O2S2. The number of thioether (sulfide) groups is 1. The van der Waals surface area contributed by atoms with E-state index >= 15 is 0 Å². The van der Waals surface area contributed by atoms with Crippen molar-refractivity contribution in [2.24, 2.45) is 5.73 Å². The van der Waals surface area contributed by atoms with Gasteiger partial charge in [0.25, 0.3) is 0 Å². The molecule has 0 aliphatic carbocycles. The Kier molecular flexibility index (Phi) is 5.90. The average molecular weight is 353 g/mol. The van der Waals surface area contributed by atoms with Crippen LogP contribution in [0.25, 0.3) is 0 Å². The maximum atomic E-state index is 14.2. The first-order valence-corrected chi connectivity index (χ1v) is 9.64. The third kappa shape index (κ3) is 4.32. The minimum Gasteiger partial charge on any atom is -0.326 e. The van der Waals surface area contributed by atoms with Gasteiger partial charge in [0.2, 0.25) is 10.0 Å². The second kappa shape index (κ2) is 7.28. The molecule has 118 valence electrons. The zero-order valence-corrected chi connectivity index (χ0v) is 13.8. The first kappa shape index (κ1) is 17.0. The Hall–Kier alpha value is -0.340. The SMILES string of the molecule is NCc1cc(Cl)cc(S(=O)(=O)NCC2CCCCS2)c1F. The molecule has 1 unspecified atom stereocenters. The normalized spacial score (nSPS) is 19.7. The van der Waals surface area contributed by atoms with E-state index in [1.165, 1.54) is 6.07 Å². The molecule has 0 spiro atoms. The standard InChI is InChI=1S/C13H18ClFN2O2S2/c14-10-5-9(7-16)13(15)12(6-10)21(18,19)17-8-11-3-1-2-4-20-11/h5-6,11,17H,1-4,7-8,16H2. The number of rotatable bonds is 5. The Morgan fingerprint density at radius 2 is 2.19 bits per heavy atom. The van der Waals surface area contributed by atoms with E-state index in [1.54, 1.807) is 11.8 Å². The molecule has 0 radical (unpaired) electrons. The molecule has 1 aliphatic heterocycles. The highest BCUT2D eigenvalue weighted by Crippen LogP contribution is 2.26. The quantitative estimate of drug-likeness (QED) is 0.854. The van der Waals surface area contributed by atoms with E-state index in [0.717, 1.165) is 31.1 Å². The lowest BCUT2D eigenvalue weighted by Crippen LogP contribution is -2.32. The van der Waals surface area contributed by atoms with Crippen molar-refractivity contribution in [2.75, 3.05) is 12.3 Å². The van der Waals surface area contributed by atoms with Crippen molar-refractivity contribution in [3.05, 3.63) is 28.5 Å². The van der Waals surface area contributed by atoms with Gasteiger partial charge in [0.05, 0.1) is 0 Å². The van der Waals surface area contributed by atoms with Gasteiger partial charge in [-0.3, -0.25) is 0 Å². The van der Waals surface area contributed by atoms with Crippen LogP contribution in [0.5, 0.6) is 0 Å². The van der Waals surface area contributed by atoms with Gasteiger partial charge in [-0.1, -0.05) is 18.0 Å². The van der Waals surface area contributed by atoms with Crippen molar-refractivity contribution in [1.82, 2.24) is 4.72 Å². The van der Waals surface area contributed by atoms with Gasteiger partial charge in [0, 0.05) is 28.9 Å². The van der Waals surface area contributed by atoms with Crippen LogP contribution in [0.4, 0.5) is 4.39 Å². The summed E-state index contributed by atoms with van der Waals surface area (Å²) in [5.41, 5.74) is 5.50. The largest absolute Gasteiger partial charge is 0.326 e. The van der Waals surface area contributed by atoms with Crippen molar-refractivity contribution in [1.29, 1.82) is 0 Å². The van der Waals surface area contributed by atoms with Crippen molar-refractivity contribution in [3.8, 4) is 0 Å². The topological polar surface area (TPSA) is 72.2 Å². The molecule has 0 bridgehead atoms. The summed E-state index contributed by atoms with van der Waals surface area (Å²) in [6.45, 7) is 0.199. The molecule has 1 atom stereocenters. The lowest BCUT2D eigenvalue weighted by Gasteiger charge is -2.21. The minimum atomic E-state index is -3.92. The fraction of sp³-hybridized carbons (Fsp3) is 0.538. The van der Waals surface area contributed by atoms with Crippen molar-refractivity contribution < 1.29 is 12.8 Å². The van der Waals surface area contributed by atoms with Crippen LogP contribution in [0.3, 0.4) is 0 Å². The van der Waals surface area contributed by atoms with Gasteiger partial charge in [-0.2, -0.15) is 11.8 Å². The summed E-state index contributed by atoms with van der Waals surface area (Å²) in [6, 6.07) is 2.46. The Balaban J connectivity index is 2.17. The lowest BCUT2D eigenvalue weighted by atomic mass is 10.2. The van der Waals surface area contributed by atoms with Crippen molar-refractivity contribution >= 4 is 33.4 Å². The highest BCUT2D eigenvalue weighted by atomic mass is 35.5. The summed E-state index contributed by atoms with van der Waals surface area (Å²) in [5, 5.41) is 0.397. The molecule has 21 heavy (non-hydrogen) atoms. The zero-order valence-electron chi connectivity index (χ0n) is 11.4. The van der Waals surface area contributed by atoms with Crippen LogP contribution in [0.2, 0.25) is 5.02 Å². The third-order valence-electron chi connectivity index (χ3n) is 3.36. The van der Waals surface area contributed by atoms with Crippen molar-refractivity contribution in [2.45, 2.75) is 36.0 Å². The predicted octanol–water partition coefficient (Wildman–Crippen LogP) is 2.50. The fourth-order valence-electron chi connectivity index (χ4n) is 2.21. The van der Waals surface area contributed by atoms with Crippen LogP contribution in [0, 0.1) is 5.82 Å². The molecule has 8 heteroatoms. The summed E-state index contributed by atoms with van der Waals surface area (Å²) in [6.07, 6.45) is 3.23. The molecule has 4 nitrogen and oxygen atoms in total. The van der Waals surface area contributed by atoms with E-state index in [2.05, 4.69) is 4.72 Å². The smallest absolute Gasteiger partial charge is 0.243 e. The molecule has 1 saturated heterocycles. The first-order chi connectivity index (χ1) is 9.94. The molecule has 1 aliphatic rings. The van der Waals surface area contributed by atoms with E-state index < -0.39 is 20.7 Å². The van der Waals surface area contributed by atoms with Crippen LogP contribution in [-0.2, 0) is 16.6 Å².